The third-order valence-corrected chi connectivity index (χ3v) is 6.45. The summed E-state index contributed by atoms with van der Waals surface area (Å²) in [5, 5.41) is 5.71. The number of hydrogen-bond donors (Lipinski definition) is 2. The first-order chi connectivity index (χ1) is 13.7. The quantitative estimate of drug-likeness (QED) is 0.567. The molecule has 0 aliphatic rings. The molecule has 2 aromatic carbocycles. The normalized spacial score (nSPS) is 12.2. The Morgan fingerprint density at radius 1 is 0.966 bits per heavy atom. The van der Waals surface area contributed by atoms with Crippen molar-refractivity contribution in [2.24, 2.45) is 0 Å². The van der Waals surface area contributed by atoms with Crippen LogP contribution in [0.25, 0.3) is 0 Å². The Morgan fingerprint density at radius 2 is 1.55 bits per heavy atom. The summed E-state index contributed by atoms with van der Waals surface area (Å²) in [6, 6.07) is 16.8. The number of rotatable bonds is 6. The van der Waals surface area contributed by atoms with Crippen molar-refractivity contribution >= 4 is 32.9 Å². The van der Waals surface area contributed by atoms with Gasteiger partial charge in [0.05, 0.1) is 10.9 Å². The summed E-state index contributed by atoms with van der Waals surface area (Å²) >= 11 is 1.66. The number of thiophene rings is 1. The van der Waals surface area contributed by atoms with E-state index in [2.05, 4.69) is 10.6 Å². The van der Waals surface area contributed by atoms with Gasteiger partial charge < -0.3 is 15.4 Å². The largest absolute Gasteiger partial charge is 0.457 e. The van der Waals surface area contributed by atoms with E-state index >= 15 is 0 Å². The summed E-state index contributed by atoms with van der Waals surface area (Å²) < 4.78 is 28.7. The molecule has 0 spiro atoms. The molecular weight excluding hydrogens is 408 g/mol. The minimum atomic E-state index is -3.24. The molecule has 152 valence electrons. The molecule has 0 radical (unpaired) electrons. The van der Waals surface area contributed by atoms with Crippen molar-refractivity contribution in [2.45, 2.75) is 24.8 Å². The van der Waals surface area contributed by atoms with Gasteiger partial charge in [-0.25, -0.2) is 13.2 Å². The fourth-order valence-electron chi connectivity index (χ4n) is 2.62. The van der Waals surface area contributed by atoms with E-state index in [1.165, 1.54) is 17.0 Å². The highest BCUT2D eigenvalue weighted by molar-refractivity contribution is 7.90. The highest BCUT2D eigenvalue weighted by Crippen LogP contribution is 2.25. The second-order valence-electron chi connectivity index (χ2n) is 6.64. The van der Waals surface area contributed by atoms with E-state index < -0.39 is 9.84 Å². The predicted molar refractivity (Wildman–Crippen MR) is 116 cm³/mol. The minimum Gasteiger partial charge on any atom is -0.457 e. The van der Waals surface area contributed by atoms with Crippen molar-refractivity contribution in [3.05, 3.63) is 70.4 Å². The summed E-state index contributed by atoms with van der Waals surface area (Å²) in [7, 11) is -3.24. The fraction of sp³-hybridized carbons (Fsp3) is 0.190. The maximum Gasteiger partial charge on any atom is 0.319 e. The Hall–Kier alpha value is -2.84. The number of hydrogen-bond acceptors (Lipinski definition) is 5. The van der Waals surface area contributed by atoms with Crippen molar-refractivity contribution in [2.75, 3.05) is 11.6 Å². The molecule has 29 heavy (non-hydrogen) atoms. The Bertz CT molecular complexity index is 1090. The van der Waals surface area contributed by atoms with Crippen LogP contribution in [-0.4, -0.2) is 20.7 Å². The van der Waals surface area contributed by atoms with Crippen LogP contribution in [0.1, 0.15) is 22.7 Å². The van der Waals surface area contributed by atoms with Crippen molar-refractivity contribution in [1.82, 2.24) is 5.32 Å². The predicted octanol–water partition coefficient (Wildman–Crippen LogP) is 5.14. The maximum absolute atomic E-state index is 12.2. The first-order valence-corrected chi connectivity index (χ1v) is 11.6. The van der Waals surface area contributed by atoms with Crippen LogP contribution in [0.4, 0.5) is 10.5 Å². The summed E-state index contributed by atoms with van der Waals surface area (Å²) in [5.74, 6) is 1.10. The van der Waals surface area contributed by atoms with Crippen molar-refractivity contribution in [3.8, 4) is 11.5 Å². The Balaban J connectivity index is 1.56. The summed E-state index contributed by atoms with van der Waals surface area (Å²) in [4.78, 5) is 14.7. The highest BCUT2D eigenvalue weighted by atomic mass is 32.2. The maximum atomic E-state index is 12.2. The molecule has 0 aliphatic carbocycles. The van der Waals surface area contributed by atoms with E-state index in [0.717, 1.165) is 11.1 Å². The van der Waals surface area contributed by atoms with E-state index in [0.29, 0.717) is 17.2 Å². The molecule has 3 rings (SSSR count). The number of ether oxygens (including phenoxy) is 1. The van der Waals surface area contributed by atoms with Gasteiger partial charge in [0, 0.05) is 21.7 Å². The lowest BCUT2D eigenvalue weighted by Gasteiger charge is -2.13. The Morgan fingerprint density at radius 3 is 2.07 bits per heavy atom. The van der Waals surface area contributed by atoms with Crippen LogP contribution in [0, 0.1) is 6.92 Å². The number of anilines is 1. The average molecular weight is 431 g/mol. The summed E-state index contributed by atoms with van der Waals surface area (Å²) in [5.41, 5.74) is 0.636. The van der Waals surface area contributed by atoms with E-state index in [1.54, 1.807) is 47.7 Å². The van der Waals surface area contributed by atoms with Gasteiger partial charge in [-0.2, -0.15) is 0 Å². The Kier molecular flexibility index (Phi) is 6.24. The van der Waals surface area contributed by atoms with Crippen LogP contribution >= 0.6 is 11.3 Å². The number of aryl methyl sites for hydroxylation is 1. The first-order valence-electron chi connectivity index (χ1n) is 8.92. The number of nitrogens with one attached hydrogen (secondary N) is 2. The van der Waals surface area contributed by atoms with E-state index in [9.17, 15) is 13.2 Å². The molecule has 2 N–H and O–H groups in total. The second kappa shape index (κ2) is 8.67. The molecule has 0 aliphatic heterocycles. The molecule has 8 heteroatoms. The third kappa shape index (κ3) is 5.82. The molecule has 0 fully saturated rings. The number of urea groups is 1. The van der Waals surface area contributed by atoms with Crippen LogP contribution in [0.15, 0.2) is 65.6 Å². The van der Waals surface area contributed by atoms with Crippen LogP contribution in [0.5, 0.6) is 11.5 Å². The number of benzene rings is 2. The molecule has 0 bridgehead atoms. The molecular formula is C21H22N2O4S2. The number of carbonyl (C=O) groups is 1. The lowest BCUT2D eigenvalue weighted by atomic mass is 10.2. The molecule has 1 atom stereocenters. The third-order valence-electron chi connectivity index (χ3n) is 4.14. The van der Waals surface area contributed by atoms with Gasteiger partial charge in [0.1, 0.15) is 11.5 Å². The highest BCUT2D eigenvalue weighted by Gasteiger charge is 2.11. The zero-order chi connectivity index (χ0) is 21.0. The van der Waals surface area contributed by atoms with Crippen molar-refractivity contribution in [1.29, 1.82) is 0 Å². The molecule has 0 saturated carbocycles. The van der Waals surface area contributed by atoms with Crippen molar-refractivity contribution < 1.29 is 17.9 Å². The second-order valence-corrected chi connectivity index (χ2v) is 9.97. The molecule has 1 heterocycles. The van der Waals surface area contributed by atoms with Crippen molar-refractivity contribution in [3.63, 3.8) is 0 Å². The van der Waals surface area contributed by atoms with Gasteiger partial charge in [-0.1, -0.05) is 0 Å². The van der Waals surface area contributed by atoms with Gasteiger partial charge in [0.25, 0.3) is 0 Å². The van der Waals surface area contributed by atoms with Gasteiger partial charge in [-0.3, -0.25) is 0 Å². The van der Waals surface area contributed by atoms with E-state index in [1.807, 2.05) is 26.0 Å². The fourth-order valence-corrected chi connectivity index (χ4v) is 4.13. The summed E-state index contributed by atoms with van der Waals surface area (Å²) in [6.07, 6.45) is 1.16. The van der Waals surface area contributed by atoms with Gasteiger partial charge in [-0.05, 0) is 74.5 Å². The van der Waals surface area contributed by atoms with Gasteiger partial charge in [-0.15, -0.1) is 11.3 Å². The lowest BCUT2D eigenvalue weighted by molar-refractivity contribution is 0.249. The summed E-state index contributed by atoms with van der Waals surface area (Å²) in [6.45, 7) is 3.97. The minimum absolute atomic E-state index is 0.0776. The topological polar surface area (TPSA) is 84.5 Å². The monoisotopic (exact) mass is 430 g/mol. The standard InChI is InChI=1S/C21H22N2O4S2/c1-14-4-13-20(28-14)15(2)22-21(24)23-16-5-7-17(8-6-16)27-18-9-11-19(12-10-18)29(3,25)26/h4-13,15H,1-3H3,(H2,22,23,24). The SMILES string of the molecule is Cc1ccc(C(C)NC(=O)Nc2ccc(Oc3ccc(S(C)(=O)=O)cc3)cc2)s1. The van der Waals surface area contributed by atoms with Gasteiger partial charge in [0.15, 0.2) is 9.84 Å². The molecule has 6 nitrogen and oxygen atoms in total. The molecule has 1 aromatic heterocycles. The molecule has 0 saturated heterocycles. The first kappa shape index (κ1) is 20.9. The number of carbonyl (C=O) groups excluding carboxylic acids is 1. The number of sulfone groups is 1. The zero-order valence-corrected chi connectivity index (χ0v) is 17.9. The Labute approximate surface area is 174 Å². The molecule has 1 unspecified atom stereocenters. The molecule has 3 aromatic rings. The van der Waals surface area contributed by atoms with Crippen LogP contribution in [-0.2, 0) is 9.84 Å². The lowest BCUT2D eigenvalue weighted by Crippen LogP contribution is -2.30. The smallest absolute Gasteiger partial charge is 0.319 e. The van der Waals surface area contributed by atoms with Crippen LogP contribution in [0.3, 0.4) is 0 Å². The van der Waals surface area contributed by atoms with E-state index in [4.69, 9.17) is 4.74 Å². The van der Waals surface area contributed by atoms with E-state index in [-0.39, 0.29) is 17.0 Å². The van der Waals surface area contributed by atoms with Gasteiger partial charge >= 0.3 is 6.03 Å². The average Bonchev–Trinajstić information content (AvgIpc) is 3.09. The van der Waals surface area contributed by atoms with Crippen LogP contribution in [0.2, 0.25) is 0 Å². The van der Waals surface area contributed by atoms with Crippen LogP contribution < -0.4 is 15.4 Å². The number of amides is 2. The van der Waals surface area contributed by atoms with Gasteiger partial charge in [0.2, 0.25) is 0 Å². The molecule has 2 amide bonds. The zero-order valence-electron chi connectivity index (χ0n) is 16.3.